The van der Waals surface area contributed by atoms with E-state index >= 15 is 0 Å². The predicted octanol–water partition coefficient (Wildman–Crippen LogP) is 3.77. The van der Waals surface area contributed by atoms with Gasteiger partial charge < -0.3 is 20.5 Å². The van der Waals surface area contributed by atoms with Crippen molar-refractivity contribution in [1.29, 1.82) is 0 Å². The lowest BCUT2D eigenvalue weighted by atomic mass is 9.95. The summed E-state index contributed by atoms with van der Waals surface area (Å²) in [6.07, 6.45) is 1.14. The molecule has 170 valence electrons. The smallest absolute Gasteiger partial charge is 0.405 e. The van der Waals surface area contributed by atoms with Crippen LogP contribution in [0.5, 0.6) is 5.75 Å². The van der Waals surface area contributed by atoms with Gasteiger partial charge in [-0.05, 0) is 37.5 Å². The van der Waals surface area contributed by atoms with Gasteiger partial charge in [0.15, 0.2) is 17.2 Å². The fourth-order valence-electron chi connectivity index (χ4n) is 3.61. The van der Waals surface area contributed by atoms with Gasteiger partial charge in [-0.15, -0.1) is 0 Å². The first-order valence-electron chi connectivity index (χ1n) is 10.1. The molecule has 1 aromatic carbocycles. The number of carbonyl (C=O) groups excluding carboxylic acids is 2. The number of nitrogens with two attached hydrogens (primary N) is 1. The number of fused-ring (bicyclic) bond motifs is 1. The maximum Gasteiger partial charge on any atom is 0.405 e. The number of ether oxygens (including phenoxy) is 2. The van der Waals surface area contributed by atoms with Crippen LogP contribution in [0.25, 0.3) is 16.9 Å². The minimum absolute atomic E-state index is 0.00431. The summed E-state index contributed by atoms with van der Waals surface area (Å²) < 4.78 is 27.3. The van der Waals surface area contributed by atoms with Gasteiger partial charge in [0.1, 0.15) is 18.0 Å². The predicted molar refractivity (Wildman–Crippen MR) is 117 cm³/mol. The summed E-state index contributed by atoms with van der Waals surface area (Å²) in [7, 11) is 0. The number of nitrogens with one attached hydrogen (secondary N) is 1. The van der Waals surface area contributed by atoms with Gasteiger partial charge >= 0.3 is 6.09 Å². The second kappa shape index (κ2) is 9.21. The number of benzene rings is 1. The van der Waals surface area contributed by atoms with Gasteiger partial charge in [0.05, 0.1) is 11.9 Å². The summed E-state index contributed by atoms with van der Waals surface area (Å²) in [6.45, 7) is 6.95. The number of amides is 2. The fraction of sp³-hybridized carbons (Fsp3) is 0.364. The number of nitrogens with zero attached hydrogens (tertiary/aromatic N) is 3. The first-order valence-corrected chi connectivity index (χ1v) is 10.1. The van der Waals surface area contributed by atoms with Gasteiger partial charge in [0.25, 0.3) is 0 Å². The molecule has 0 fully saturated rings. The van der Waals surface area contributed by atoms with Crippen LogP contribution in [-0.2, 0) is 9.53 Å². The summed E-state index contributed by atoms with van der Waals surface area (Å²) in [5, 5.41) is 6.85. The Hall–Kier alpha value is -3.69. The van der Waals surface area contributed by atoms with Crippen molar-refractivity contribution in [3.8, 4) is 17.0 Å². The minimum atomic E-state index is -0.995. The number of aromatic nitrogens is 3. The maximum absolute atomic E-state index is 14.9. The Morgan fingerprint density at radius 2 is 2.03 bits per heavy atom. The molecule has 0 radical (unpaired) electrons. The largest absolute Gasteiger partial charge is 0.486 e. The second-order valence-corrected chi connectivity index (χ2v) is 8.21. The molecular formula is C22H26FN5O4. The molecule has 0 aliphatic heterocycles. The van der Waals surface area contributed by atoms with Gasteiger partial charge in [-0.3, -0.25) is 4.79 Å². The van der Waals surface area contributed by atoms with Crippen LogP contribution >= 0.6 is 0 Å². The molecule has 3 aromatic rings. The lowest BCUT2D eigenvalue weighted by Crippen LogP contribution is -2.41. The van der Waals surface area contributed by atoms with E-state index in [1.165, 1.54) is 19.1 Å². The van der Waals surface area contributed by atoms with Crippen molar-refractivity contribution in [2.75, 3.05) is 11.9 Å². The zero-order valence-corrected chi connectivity index (χ0v) is 18.4. The van der Waals surface area contributed by atoms with E-state index in [4.69, 9.17) is 15.2 Å². The number of carbonyl (C=O) groups is 2. The van der Waals surface area contributed by atoms with Crippen molar-refractivity contribution in [2.24, 2.45) is 11.7 Å². The molecule has 2 amide bonds. The third-order valence-electron chi connectivity index (χ3n) is 4.61. The van der Waals surface area contributed by atoms with E-state index in [9.17, 15) is 14.0 Å². The van der Waals surface area contributed by atoms with E-state index in [0.717, 1.165) is 0 Å². The zero-order valence-electron chi connectivity index (χ0n) is 18.4. The maximum atomic E-state index is 14.9. The zero-order chi connectivity index (χ0) is 23.5. The first-order chi connectivity index (χ1) is 15.1. The van der Waals surface area contributed by atoms with E-state index < -0.39 is 17.5 Å². The molecule has 9 nitrogen and oxygen atoms in total. The van der Waals surface area contributed by atoms with Crippen LogP contribution < -0.4 is 15.8 Å². The van der Waals surface area contributed by atoms with E-state index in [2.05, 4.69) is 15.4 Å². The summed E-state index contributed by atoms with van der Waals surface area (Å²) in [5.41, 5.74) is 5.74. The Balaban J connectivity index is 1.87. The molecule has 1 atom stereocenters. The van der Waals surface area contributed by atoms with E-state index in [1.807, 2.05) is 13.8 Å². The Morgan fingerprint density at radius 3 is 2.66 bits per heavy atom. The van der Waals surface area contributed by atoms with Crippen molar-refractivity contribution >= 4 is 23.5 Å². The summed E-state index contributed by atoms with van der Waals surface area (Å²) in [6, 6.07) is 7.74. The van der Waals surface area contributed by atoms with Crippen molar-refractivity contribution in [2.45, 2.75) is 39.7 Å². The topological polar surface area (TPSA) is 121 Å². The number of rotatable bonds is 8. The highest BCUT2D eigenvalue weighted by Gasteiger charge is 2.31. The van der Waals surface area contributed by atoms with Crippen LogP contribution in [0.4, 0.5) is 15.0 Å². The monoisotopic (exact) mass is 443 g/mol. The van der Waals surface area contributed by atoms with Gasteiger partial charge in [0.2, 0.25) is 5.91 Å². The lowest BCUT2D eigenvalue weighted by molar-refractivity contribution is -0.114. The van der Waals surface area contributed by atoms with Crippen LogP contribution in [-0.4, -0.2) is 38.8 Å². The summed E-state index contributed by atoms with van der Waals surface area (Å²) >= 11 is 0. The lowest BCUT2D eigenvalue weighted by Gasteiger charge is -2.30. The molecule has 0 aliphatic carbocycles. The van der Waals surface area contributed by atoms with Crippen molar-refractivity contribution < 1.29 is 23.5 Å². The van der Waals surface area contributed by atoms with Crippen molar-refractivity contribution in [1.82, 2.24) is 14.6 Å². The average molecular weight is 443 g/mol. The summed E-state index contributed by atoms with van der Waals surface area (Å²) in [5.74, 6) is -0.341. The SMILES string of the molecule is CC(=O)Nc1cc(-c2ccc(OCC(C)(CC(C)C)OC(N)=O)c(F)c2)n2nccc2n1. The molecule has 3 N–H and O–H groups in total. The van der Waals surface area contributed by atoms with E-state index in [0.29, 0.717) is 29.1 Å². The van der Waals surface area contributed by atoms with Gasteiger partial charge in [-0.2, -0.15) is 5.10 Å². The van der Waals surface area contributed by atoms with E-state index in [1.54, 1.807) is 35.8 Å². The number of anilines is 1. The molecule has 0 spiro atoms. The van der Waals surface area contributed by atoms with Crippen LogP contribution in [0.2, 0.25) is 0 Å². The highest BCUT2D eigenvalue weighted by molar-refractivity contribution is 5.88. The molecule has 32 heavy (non-hydrogen) atoms. The molecule has 0 saturated heterocycles. The standard InChI is InChI=1S/C22H26FN5O4/c1-13(2)11-22(4,32-21(24)30)12-31-18-6-5-15(9-16(18)23)17-10-19(26-14(3)29)27-20-7-8-25-28(17)20/h5-10,13H,11-12H2,1-4H3,(H2,24,30)(H,26,27,29). The van der Waals surface area contributed by atoms with Gasteiger partial charge in [-0.25, -0.2) is 18.7 Å². The normalized spacial score (nSPS) is 13.1. The minimum Gasteiger partial charge on any atom is -0.486 e. The van der Waals surface area contributed by atoms with E-state index in [-0.39, 0.29) is 24.2 Å². The van der Waals surface area contributed by atoms with Crippen LogP contribution in [0, 0.1) is 11.7 Å². The fourth-order valence-corrected chi connectivity index (χ4v) is 3.61. The number of hydrogen-bond acceptors (Lipinski definition) is 6. The van der Waals surface area contributed by atoms with Crippen molar-refractivity contribution in [3.63, 3.8) is 0 Å². The number of halogens is 1. The highest BCUT2D eigenvalue weighted by Crippen LogP contribution is 2.29. The van der Waals surface area contributed by atoms with Gasteiger partial charge in [0, 0.05) is 24.6 Å². The second-order valence-electron chi connectivity index (χ2n) is 8.21. The molecule has 0 saturated carbocycles. The number of hydrogen-bond donors (Lipinski definition) is 2. The molecule has 2 heterocycles. The molecule has 0 bridgehead atoms. The summed E-state index contributed by atoms with van der Waals surface area (Å²) in [4.78, 5) is 27.0. The van der Waals surface area contributed by atoms with Crippen LogP contribution in [0.15, 0.2) is 36.5 Å². The Morgan fingerprint density at radius 1 is 1.28 bits per heavy atom. The highest BCUT2D eigenvalue weighted by atomic mass is 19.1. The molecule has 1 unspecified atom stereocenters. The Bertz CT molecular complexity index is 1150. The van der Waals surface area contributed by atoms with Gasteiger partial charge in [-0.1, -0.05) is 13.8 Å². The first kappa shape index (κ1) is 23.0. The quantitative estimate of drug-likeness (QED) is 0.547. The Labute approximate surface area is 184 Å². The van der Waals surface area contributed by atoms with Crippen molar-refractivity contribution in [3.05, 3.63) is 42.3 Å². The van der Waals surface area contributed by atoms with Crippen LogP contribution in [0.3, 0.4) is 0 Å². The third-order valence-corrected chi connectivity index (χ3v) is 4.61. The molecule has 2 aromatic heterocycles. The molecule has 3 rings (SSSR count). The molecule has 0 aliphatic rings. The average Bonchev–Trinajstić information content (AvgIpc) is 3.13. The third kappa shape index (κ3) is 5.51. The number of primary amides is 1. The Kier molecular flexibility index (Phi) is 6.61. The molecular weight excluding hydrogens is 417 g/mol. The van der Waals surface area contributed by atoms with Crippen LogP contribution in [0.1, 0.15) is 34.1 Å². The molecule has 10 heteroatoms.